The lowest BCUT2D eigenvalue weighted by Gasteiger charge is -2.27. The standard InChI is InChI=1S/C29H28ClF3N4O3S2/c1-17(2)35-27(38)36-42(39,40)22-11-5-18(23(30)14-22)16-41-28-34-15-26(37(28)21-9-7-20(31)8-10-21)29(3,4)19-6-12-24(32)25(33)13-19/h5-15,17H,16H2,1-4H3,(H2,35,36,38). The molecular weight excluding hydrogens is 609 g/mol. The minimum absolute atomic E-state index is 0.164. The van der Waals surface area contributed by atoms with Crippen molar-refractivity contribution >= 4 is 39.4 Å². The number of thioether (sulfide) groups is 1. The van der Waals surface area contributed by atoms with E-state index in [4.69, 9.17) is 11.6 Å². The Morgan fingerprint density at radius 2 is 1.71 bits per heavy atom. The molecule has 0 aliphatic heterocycles. The Labute approximate surface area is 251 Å². The number of rotatable bonds is 9. The molecule has 4 rings (SSSR count). The van der Waals surface area contributed by atoms with Crippen LogP contribution in [-0.4, -0.2) is 30.0 Å². The molecule has 0 fully saturated rings. The number of aromatic nitrogens is 2. The van der Waals surface area contributed by atoms with E-state index < -0.39 is 38.9 Å². The molecule has 1 heterocycles. The average molecular weight is 637 g/mol. The number of benzene rings is 3. The van der Waals surface area contributed by atoms with Gasteiger partial charge in [-0.15, -0.1) is 0 Å². The van der Waals surface area contributed by atoms with E-state index in [2.05, 4.69) is 10.3 Å². The maximum Gasteiger partial charge on any atom is 0.328 e. The fraction of sp³-hybridized carbons (Fsp3) is 0.241. The molecule has 4 aromatic rings. The predicted octanol–water partition coefficient (Wildman–Crippen LogP) is 6.96. The van der Waals surface area contributed by atoms with Crippen molar-refractivity contribution in [2.45, 2.75) is 55.0 Å². The summed E-state index contributed by atoms with van der Waals surface area (Å²) in [7, 11) is -4.15. The molecule has 222 valence electrons. The summed E-state index contributed by atoms with van der Waals surface area (Å²) in [5.41, 5.74) is 1.51. The number of hydrogen-bond donors (Lipinski definition) is 2. The molecule has 0 radical (unpaired) electrons. The molecule has 0 unspecified atom stereocenters. The number of nitrogens with one attached hydrogen (secondary N) is 2. The Hall–Kier alpha value is -3.48. The molecule has 7 nitrogen and oxygen atoms in total. The molecular formula is C29H28ClF3N4O3S2. The van der Waals surface area contributed by atoms with Gasteiger partial charge in [0.15, 0.2) is 16.8 Å². The number of urea groups is 1. The minimum Gasteiger partial charge on any atom is -0.335 e. The van der Waals surface area contributed by atoms with E-state index in [1.54, 1.807) is 42.8 Å². The van der Waals surface area contributed by atoms with Gasteiger partial charge >= 0.3 is 6.03 Å². The first-order valence-electron chi connectivity index (χ1n) is 12.7. The van der Waals surface area contributed by atoms with Crippen molar-refractivity contribution in [3.05, 3.63) is 106 Å². The van der Waals surface area contributed by atoms with Crippen molar-refractivity contribution in [1.29, 1.82) is 0 Å². The first kappa shape index (κ1) is 31.5. The predicted molar refractivity (Wildman–Crippen MR) is 157 cm³/mol. The topological polar surface area (TPSA) is 93.1 Å². The Balaban J connectivity index is 1.65. The summed E-state index contributed by atoms with van der Waals surface area (Å²) < 4.78 is 70.6. The first-order chi connectivity index (χ1) is 19.7. The van der Waals surface area contributed by atoms with Gasteiger partial charge in [-0.3, -0.25) is 4.57 Å². The van der Waals surface area contributed by atoms with Gasteiger partial charge in [-0.25, -0.2) is 36.1 Å². The molecule has 3 aromatic carbocycles. The lowest BCUT2D eigenvalue weighted by Crippen LogP contribution is -2.42. The van der Waals surface area contributed by atoms with Crippen molar-refractivity contribution in [3.8, 4) is 5.69 Å². The van der Waals surface area contributed by atoms with Gasteiger partial charge in [0.25, 0.3) is 10.0 Å². The van der Waals surface area contributed by atoms with E-state index in [9.17, 15) is 26.4 Å². The van der Waals surface area contributed by atoms with Crippen LogP contribution in [0.25, 0.3) is 5.69 Å². The molecule has 0 saturated heterocycles. The van der Waals surface area contributed by atoms with Crippen LogP contribution in [0.15, 0.2) is 76.9 Å². The third-order valence-corrected chi connectivity index (χ3v) is 9.12. The molecule has 0 aliphatic rings. The average Bonchev–Trinajstić information content (AvgIpc) is 3.34. The first-order valence-corrected chi connectivity index (χ1v) is 15.6. The number of imidazole rings is 1. The Morgan fingerprint density at radius 3 is 2.33 bits per heavy atom. The van der Waals surface area contributed by atoms with Crippen molar-refractivity contribution < 1.29 is 26.4 Å². The van der Waals surface area contributed by atoms with Crippen molar-refractivity contribution in [1.82, 2.24) is 19.6 Å². The van der Waals surface area contributed by atoms with Crippen molar-refractivity contribution in [2.24, 2.45) is 0 Å². The van der Waals surface area contributed by atoms with Crippen molar-refractivity contribution in [2.75, 3.05) is 0 Å². The largest absolute Gasteiger partial charge is 0.335 e. The lowest BCUT2D eigenvalue weighted by atomic mass is 9.81. The van der Waals surface area contributed by atoms with Crippen molar-refractivity contribution in [3.63, 3.8) is 0 Å². The van der Waals surface area contributed by atoms with Crippen LogP contribution in [-0.2, 0) is 21.2 Å². The zero-order valence-corrected chi connectivity index (χ0v) is 25.5. The summed E-state index contributed by atoms with van der Waals surface area (Å²) in [6, 6.07) is 12.5. The minimum atomic E-state index is -4.15. The van der Waals surface area contributed by atoms with Crippen LogP contribution in [0.1, 0.15) is 44.5 Å². The smallest absolute Gasteiger partial charge is 0.328 e. The molecule has 13 heteroatoms. The van der Waals surface area contributed by atoms with Gasteiger partial charge in [-0.2, -0.15) is 0 Å². The second kappa shape index (κ2) is 12.4. The molecule has 0 aliphatic carbocycles. The van der Waals surface area contributed by atoms with Crippen LogP contribution in [0.2, 0.25) is 5.02 Å². The van der Waals surface area contributed by atoms with Crippen LogP contribution in [0.3, 0.4) is 0 Å². The second-order valence-electron chi connectivity index (χ2n) is 10.3. The number of nitrogens with zero attached hydrogens (tertiary/aromatic N) is 2. The van der Waals surface area contributed by atoms with E-state index >= 15 is 0 Å². The zero-order valence-electron chi connectivity index (χ0n) is 23.1. The number of amides is 2. The Bertz CT molecular complexity index is 1730. The maximum absolute atomic E-state index is 14.1. The third-order valence-electron chi connectivity index (χ3n) is 6.43. The van der Waals surface area contributed by atoms with Crippen LogP contribution < -0.4 is 10.0 Å². The number of sulfonamides is 1. The fourth-order valence-electron chi connectivity index (χ4n) is 4.18. The molecule has 42 heavy (non-hydrogen) atoms. The van der Waals surface area contributed by atoms with E-state index in [0.29, 0.717) is 27.7 Å². The Kier molecular flexibility index (Phi) is 9.29. The quantitative estimate of drug-likeness (QED) is 0.194. The molecule has 2 N–H and O–H groups in total. The summed E-state index contributed by atoms with van der Waals surface area (Å²) >= 11 is 7.73. The van der Waals surface area contributed by atoms with Gasteiger partial charge < -0.3 is 5.32 Å². The molecule has 0 atom stereocenters. The maximum atomic E-state index is 14.1. The van der Waals surface area contributed by atoms with E-state index in [-0.39, 0.29) is 21.7 Å². The van der Waals surface area contributed by atoms with Crippen LogP contribution in [0.4, 0.5) is 18.0 Å². The summed E-state index contributed by atoms with van der Waals surface area (Å²) in [6.07, 6.45) is 1.62. The highest BCUT2D eigenvalue weighted by atomic mass is 35.5. The highest BCUT2D eigenvalue weighted by molar-refractivity contribution is 7.98. The second-order valence-corrected chi connectivity index (χ2v) is 13.3. The summed E-state index contributed by atoms with van der Waals surface area (Å²) in [4.78, 5) is 16.3. The molecule has 0 spiro atoms. The van der Waals surface area contributed by atoms with E-state index in [1.807, 2.05) is 18.6 Å². The highest BCUT2D eigenvalue weighted by Crippen LogP contribution is 2.37. The normalized spacial score (nSPS) is 12.0. The molecule has 0 saturated carbocycles. The number of carbonyl (C=O) groups excluding carboxylic acids is 1. The molecule has 2 amide bonds. The summed E-state index contributed by atoms with van der Waals surface area (Å²) in [5, 5.41) is 3.12. The van der Waals surface area contributed by atoms with Gasteiger partial charge in [0.05, 0.1) is 16.8 Å². The van der Waals surface area contributed by atoms with Gasteiger partial charge in [-0.1, -0.05) is 49.3 Å². The van der Waals surface area contributed by atoms with Gasteiger partial charge in [-0.05, 0) is 73.5 Å². The SMILES string of the molecule is CC(C)NC(=O)NS(=O)(=O)c1ccc(CSc2ncc(C(C)(C)c3ccc(F)c(F)c3)n2-c2ccc(F)cc2)c(Cl)c1. The monoisotopic (exact) mass is 636 g/mol. The van der Waals surface area contributed by atoms with E-state index in [1.165, 1.54) is 42.1 Å². The van der Waals surface area contributed by atoms with Crippen LogP contribution >= 0.6 is 23.4 Å². The number of carbonyl (C=O) groups is 1. The van der Waals surface area contributed by atoms with E-state index in [0.717, 1.165) is 12.1 Å². The third kappa shape index (κ3) is 6.93. The van der Waals surface area contributed by atoms with Gasteiger partial charge in [0.2, 0.25) is 0 Å². The lowest BCUT2D eigenvalue weighted by molar-refractivity contribution is 0.243. The summed E-state index contributed by atoms with van der Waals surface area (Å²) in [6.45, 7) is 7.08. The molecule has 0 bridgehead atoms. The number of hydrogen-bond acceptors (Lipinski definition) is 5. The Morgan fingerprint density at radius 1 is 1.02 bits per heavy atom. The van der Waals surface area contributed by atoms with Gasteiger partial charge in [0, 0.05) is 27.9 Å². The fourth-order valence-corrected chi connectivity index (χ4v) is 6.51. The summed E-state index contributed by atoms with van der Waals surface area (Å²) in [5.74, 6) is -2.07. The van der Waals surface area contributed by atoms with Crippen LogP contribution in [0, 0.1) is 17.5 Å². The number of halogens is 4. The highest BCUT2D eigenvalue weighted by Gasteiger charge is 2.30. The molecule has 1 aromatic heterocycles. The van der Waals surface area contributed by atoms with Crippen LogP contribution in [0.5, 0.6) is 0 Å². The zero-order chi connectivity index (χ0) is 30.8. The van der Waals surface area contributed by atoms with Gasteiger partial charge in [0.1, 0.15) is 5.82 Å².